The molecule has 2 amide bonds. The molecule has 0 aromatic heterocycles. The number of hydrogen-bond acceptors (Lipinski definition) is 4. The lowest BCUT2D eigenvalue weighted by atomic mass is 10.1. The van der Waals surface area contributed by atoms with Crippen LogP contribution in [0.5, 0.6) is 5.75 Å². The molecule has 0 spiro atoms. The first-order valence-electron chi connectivity index (χ1n) is 5.66. The molecule has 114 valence electrons. The van der Waals surface area contributed by atoms with Crippen molar-refractivity contribution >= 4 is 17.8 Å². The zero-order valence-corrected chi connectivity index (χ0v) is 10.6. The maximum absolute atomic E-state index is 12.1. The molecule has 1 aromatic carbocycles. The number of rotatable bonds is 7. The second-order valence-electron chi connectivity index (χ2n) is 3.94. The predicted octanol–water partition coefficient (Wildman–Crippen LogP) is 0.346. The van der Waals surface area contributed by atoms with E-state index in [1.54, 1.807) is 0 Å². The van der Waals surface area contributed by atoms with Gasteiger partial charge in [-0.15, -0.1) is 0 Å². The predicted molar refractivity (Wildman–Crippen MR) is 65.8 cm³/mol. The molecule has 0 heterocycles. The van der Waals surface area contributed by atoms with Crippen molar-refractivity contribution < 1.29 is 33.0 Å². The summed E-state index contributed by atoms with van der Waals surface area (Å²) in [6, 6.07) is 3.29. The van der Waals surface area contributed by atoms with Gasteiger partial charge in [0.1, 0.15) is 11.8 Å². The van der Waals surface area contributed by atoms with Crippen LogP contribution in [-0.2, 0) is 9.59 Å². The van der Waals surface area contributed by atoms with Gasteiger partial charge in [-0.05, 0) is 18.2 Å². The summed E-state index contributed by atoms with van der Waals surface area (Å²) in [6.45, 7) is -3.05. The highest BCUT2D eigenvalue weighted by atomic mass is 19.3. The van der Waals surface area contributed by atoms with Gasteiger partial charge < -0.3 is 20.9 Å². The van der Waals surface area contributed by atoms with Gasteiger partial charge in [0, 0.05) is 5.56 Å². The van der Waals surface area contributed by atoms with Crippen LogP contribution in [0.15, 0.2) is 24.3 Å². The van der Waals surface area contributed by atoms with Gasteiger partial charge in [-0.3, -0.25) is 9.59 Å². The van der Waals surface area contributed by atoms with Gasteiger partial charge in [-0.2, -0.15) is 8.78 Å². The van der Waals surface area contributed by atoms with E-state index in [1.807, 2.05) is 0 Å². The second-order valence-corrected chi connectivity index (χ2v) is 3.94. The van der Waals surface area contributed by atoms with Crippen molar-refractivity contribution in [3.8, 4) is 5.75 Å². The van der Waals surface area contributed by atoms with Crippen LogP contribution >= 0.6 is 0 Å². The van der Waals surface area contributed by atoms with Crippen molar-refractivity contribution in [3.63, 3.8) is 0 Å². The third-order valence-electron chi connectivity index (χ3n) is 2.33. The molecule has 0 aliphatic heterocycles. The van der Waals surface area contributed by atoms with E-state index in [-0.39, 0.29) is 11.3 Å². The Balaban J connectivity index is 2.82. The van der Waals surface area contributed by atoms with Gasteiger partial charge in [0.05, 0.1) is 6.42 Å². The normalized spacial score (nSPS) is 11.8. The van der Waals surface area contributed by atoms with Crippen LogP contribution in [-0.4, -0.2) is 35.5 Å². The SMILES string of the molecule is NC(=O)C[C@@H](NC(=O)c1cccc(OC(F)F)c1)C(=O)O. The third kappa shape index (κ3) is 5.43. The van der Waals surface area contributed by atoms with Gasteiger partial charge in [0.15, 0.2) is 0 Å². The maximum Gasteiger partial charge on any atom is 0.387 e. The van der Waals surface area contributed by atoms with Crippen LogP contribution in [0.2, 0.25) is 0 Å². The van der Waals surface area contributed by atoms with Crippen molar-refractivity contribution in [2.75, 3.05) is 0 Å². The Hall–Kier alpha value is -2.71. The molecule has 0 radical (unpaired) electrons. The topological polar surface area (TPSA) is 119 Å². The number of primary amides is 1. The van der Waals surface area contributed by atoms with E-state index < -0.39 is 36.9 Å². The minimum Gasteiger partial charge on any atom is -0.480 e. The lowest BCUT2D eigenvalue weighted by Crippen LogP contribution is -2.43. The Bertz CT molecular complexity index is 550. The summed E-state index contributed by atoms with van der Waals surface area (Å²) in [5.74, 6) is -3.46. The van der Waals surface area contributed by atoms with Crippen LogP contribution < -0.4 is 15.8 Å². The van der Waals surface area contributed by atoms with Crippen LogP contribution in [0.3, 0.4) is 0 Å². The molecule has 7 nitrogen and oxygen atoms in total. The Labute approximate surface area is 117 Å². The van der Waals surface area contributed by atoms with E-state index in [4.69, 9.17) is 10.8 Å². The first-order chi connectivity index (χ1) is 9.79. The van der Waals surface area contributed by atoms with Crippen LogP contribution in [0.25, 0.3) is 0 Å². The lowest BCUT2D eigenvalue weighted by Gasteiger charge is -2.13. The van der Waals surface area contributed by atoms with E-state index in [9.17, 15) is 23.2 Å². The van der Waals surface area contributed by atoms with E-state index in [0.29, 0.717) is 0 Å². The largest absolute Gasteiger partial charge is 0.480 e. The molecule has 0 fully saturated rings. The number of ether oxygens (including phenoxy) is 1. The number of halogens is 2. The van der Waals surface area contributed by atoms with Gasteiger partial charge in [-0.1, -0.05) is 6.07 Å². The number of amides is 2. The first-order valence-corrected chi connectivity index (χ1v) is 5.66. The Morgan fingerprint density at radius 3 is 2.52 bits per heavy atom. The maximum atomic E-state index is 12.1. The molecule has 4 N–H and O–H groups in total. The summed E-state index contributed by atoms with van der Waals surface area (Å²) in [7, 11) is 0. The molecule has 0 aliphatic rings. The fraction of sp³-hybridized carbons (Fsp3) is 0.250. The van der Waals surface area contributed by atoms with Crippen LogP contribution in [0.4, 0.5) is 8.78 Å². The number of nitrogens with two attached hydrogens (primary N) is 1. The van der Waals surface area contributed by atoms with Gasteiger partial charge in [0.2, 0.25) is 5.91 Å². The van der Waals surface area contributed by atoms with E-state index in [2.05, 4.69) is 10.1 Å². The third-order valence-corrected chi connectivity index (χ3v) is 2.33. The second kappa shape index (κ2) is 7.17. The molecule has 1 rings (SSSR count). The van der Waals surface area contributed by atoms with Gasteiger partial charge >= 0.3 is 12.6 Å². The molecule has 0 saturated carbocycles. The average Bonchev–Trinajstić information content (AvgIpc) is 2.36. The number of benzene rings is 1. The summed E-state index contributed by atoms with van der Waals surface area (Å²) in [6.07, 6.45) is -0.589. The summed E-state index contributed by atoms with van der Waals surface area (Å²) >= 11 is 0. The molecular weight excluding hydrogens is 290 g/mol. The highest BCUT2D eigenvalue weighted by molar-refractivity contribution is 5.97. The molecule has 21 heavy (non-hydrogen) atoms. The Morgan fingerprint density at radius 2 is 2.00 bits per heavy atom. The van der Waals surface area contributed by atoms with E-state index in [1.165, 1.54) is 18.2 Å². The number of nitrogens with one attached hydrogen (secondary N) is 1. The lowest BCUT2D eigenvalue weighted by molar-refractivity contribution is -0.140. The standard InChI is InChI=1S/C12H12F2N2O5/c13-12(14)21-7-3-1-2-6(4-7)10(18)16-8(11(19)20)5-9(15)17/h1-4,8,12H,5H2,(H2,15,17)(H,16,18)(H,19,20)/t8-/m1/s1. The molecular formula is C12H12F2N2O5. The van der Waals surface area contributed by atoms with Crippen molar-refractivity contribution in [1.82, 2.24) is 5.32 Å². The molecule has 0 aliphatic carbocycles. The number of carbonyl (C=O) groups excluding carboxylic acids is 2. The monoisotopic (exact) mass is 302 g/mol. The molecule has 9 heteroatoms. The fourth-order valence-corrected chi connectivity index (χ4v) is 1.46. The Kier molecular flexibility index (Phi) is 5.58. The summed E-state index contributed by atoms with van der Waals surface area (Å²) < 4.78 is 28.2. The number of alkyl halides is 2. The Morgan fingerprint density at radius 1 is 1.33 bits per heavy atom. The van der Waals surface area contributed by atoms with E-state index >= 15 is 0 Å². The summed E-state index contributed by atoms with van der Waals surface area (Å²) in [4.78, 5) is 33.4. The van der Waals surface area contributed by atoms with Crippen molar-refractivity contribution in [1.29, 1.82) is 0 Å². The number of carboxylic acids is 1. The van der Waals surface area contributed by atoms with Crippen molar-refractivity contribution in [3.05, 3.63) is 29.8 Å². The number of hydrogen-bond donors (Lipinski definition) is 3. The van der Waals surface area contributed by atoms with Crippen molar-refractivity contribution in [2.45, 2.75) is 19.1 Å². The summed E-state index contributed by atoms with van der Waals surface area (Å²) in [5.41, 5.74) is 4.77. The molecule has 0 unspecified atom stereocenters. The van der Waals surface area contributed by atoms with Crippen LogP contribution in [0.1, 0.15) is 16.8 Å². The van der Waals surface area contributed by atoms with E-state index in [0.717, 1.165) is 6.07 Å². The van der Waals surface area contributed by atoms with Crippen molar-refractivity contribution in [2.24, 2.45) is 5.73 Å². The zero-order chi connectivity index (χ0) is 16.0. The number of carboxylic acid groups (broad SMARTS) is 1. The minimum absolute atomic E-state index is 0.0936. The first kappa shape index (κ1) is 16.3. The van der Waals surface area contributed by atoms with Gasteiger partial charge in [-0.25, -0.2) is 4.79 Å². The smallest absolute Gasteiger partial charge is 0.387 e. The summed E-state index contributed by atoms with van der Waals surface area (Å²) in [5, 5.41) is 10.9. The minimum atomic E-state index is -3.05. The fourth-order valence-electron chi connectivity index (χ4n) is 1.46. The molecule has 1 atom stereocenters. The van der Waals surface area contributed by atoms with Crippen LogP contribution in [0, 0.1) is 0 Å². The highest BCUT2D eigenvalue weighted by Gasteiger charge is 2.23. The molecule has 0 saturated heterocycles. The van der Waals surface area contributed by atoms with Gasteiger partial charge in [0.25, 0.3) is 5.91 Å². The highest BCUT2D eigenvalue weighted by Crippen LogP contribution is 2.16. The quantitative estimate of drug-likeness (QED) is 0.671. The number of carbonyl (C=O) groups is 3. The number of aliphatic carboxylic acids is 1. The molecule has 1 aromatic rings. The zero-order valence-electron chi connectivity index (χ0n) is 10.6. The average molecular weight is 302 g/mol. The molecule has 0 bridgehead atoms.